The monoisotopic (exact) mass is 686 g/mol. The second kappa shape index (κ2) is 32.6. The SMILES string of the molecule is CCCCCCCC/C=C\CCCCCCCC(=O)OS(=O)(=O)C(CC(=O)OCCCCCCCC)C(=O)OCCCCCCCC. The van der Waals surface area contributed by atoms with Crippen LogP contribution in [0, 0.1) is 0 Å². The second-order valence-electron chi connectivity index (χ2n) is 12.9. The average Bonchev–Trinajstić information content (AvgIpc) is 3.04. The fourth-order valence-electron chi connectivity index (χ4n) is 5.30. The van der Waals surface area contributed by atoms with Crippen LogP contribution in [0.2, 0.25) is 0 Å². The largest absolute Gasteiger partial charge is 0.466 e. The molecular formula is C38H70O8S. The van der Waals surface area contributed by atoms with Crippen LogP contribution in [0.25, 0.3) is 0 Å². The summed E-state index contributed by atoms with van der Waals surface area (Å²) in [6.45, 7) is 6.71. The molecule has 276 valence electrons. The highest BCUT2D eigenvalue weighted by atomic mass is 32.2. The first-order valence-electron chi connectivity index (χ1n) is 19.2. The third-order valence-corrected chi connectivity index (χ3v) is 9.79. The zero-order valence-electron chi connectivity index (χ0n) is 30.4. The molecule has 0 amide bonds. The van der Waals surface area contributed by atoms with E-state index in [-0.39, 0.29) is 19.6 Å². The van der Waals surface area contributed by atoms with Crippen LogP contribution >= 0.6 is 0 Å². The summed E-state index contributed by atoms with van der Waals surface area (Å²) in [5.41, 5.74) is 0. The van der Waals surface area contributed by atoms with E-state index in [9.17, 15) is 22.8 Å². The van der Waals surface area contributed by atoms with Crippen molar-refractivity contribution in [3.8, 4) is 0 Å². The quantitative estimate of drug-likeness (QED) is 0.0284. The molecule has 0 aromatic heterocycles. The number of esters is 2. The van der Waals surface area contributed by atoms with Gasteiger partial charge in [0.1, 0.15) is 0 Å². The fourth-order valence-corrected chi connectivity index (χ4v) is 6.40. The highest BCUT2D eigenvalue weighted by molar-refractivity contribution is 7.88. The molecule has 0 spiro atoms. The molecule has 1 atom stereocenters. The van der Waals surface area contributed by atoms with Gasteiger partial charge in [0.15, 0.2) is 0 Å². The Bertz CT molecular complexity index is 899. The Labute approximate surface area is 288 Å². The van der Waals surface area contributed by atoms with Crippen molar-refractivity contribution in [1.29, 1.82) is 0 Å². The predicted molar refractivity (Wildman–Crippen MR) is 192 cm³/mol. The standard InChI is InChI=1S/C38H70O8S/c1-4-7-10-13-16-17-18-19-20-21-22-23-24-25-28-31-36(39)46-47(42,43)35(38(41)45-33-30-27-15-12-9-6-3)34-37(40)44-32-29-26-14-11-8-5-2/h19-20,35H,4-18,21-34H2,1-3H3/b20-19-. The van der Waals surface area contributed by atoms with Crippen molar-refractivity contribution in [3.63, 3.8) is 0 Å². The molecular weight excluding hydrogens is 616 g/mol. The zero-order chi connectivity index (χ0) is 34.9. The average molecular weight is 687 g/mol. The highest BCUT2D eigenvalue weighted by Gasteiger charge is 2.39. The zero-order valence-corrected chi connectivity index (χ0v) is 31.2. The highest BCUT2D eigenvalue weighted by Crippen LogP contribution is 2.17. The van der Waals surface area contributed by atoms with E-state index in [1.54, 1.807) is 0 Å². The first-order valence-corrected chi connectivity index (χ1v) is 20.7. The molecule has 0 fully saturated rings. The fraction of sp³-hybridized carbons (Fsp3) is 0.868. The molecule has 0 aliphatic rings. The number of rotatable bonds is 34. The molecule has 9 heteroatoms. The van der Waals surface area contributed by atoms with Crippen LogP contribution in [-0.2, 0) is 38.2 Å². The maximum atomic E-state index is 13.0. The summed E-state index contributed by atoms with van der Waals surface area (Å²) in [5, 5.41) is -1.93. The van der Waals surface area contributed by atoms with Crippen molar-refractivity contribution in [2.75, 3.05) is 13.2 Å². The van der Waals surface area contributed by atoms with Crippen molar-refractivity contribution in [3.05, 3.63) is 12.2 Å². The molecule has 0 N–H and O–H groups in total. The Kier molecular flexibility index (Phi) is 31.3. The topological polar surface area (TPSA) is 113 Å². The van der Waals surface area contributed by atoms with Crippen molar-refractivity contribution in [2.24, 2.45) is 0 Å². The van der Waals surface area contributed by atoms with Crippen LogP contribution in [0.1, 0.15) is 194 Å². The lowest BCUT2D eigenvalue weighted by Gasteiger charge is -2.16. The molecule has 0 saturated heterocycles. The minimum atomic E-state index is -4.72. The molecule has 0 heterocycles. The lowest BCUT2D eigenvalue weighted by atomic mass is 10.1. The van der Waals surface area contributed by atoms with E-state index in [1.165, 1.54) is 38.5 Å². The molecule has 0 aromatic rings. The third kappa shape index (κ3) is 28.8. The second-order valence-corrected chi connectivity index (χ2v) is 14.6. The minimum Gasteiger partial charge on any atom is -0.466 e. The van der Waals surface area contributed by atoms with Gasteiger partial charge in [-0.3, -0.25) is 14.4 Å². The Morgan fingerprint density at radius 1 is 0.511 bits per heavy atom. The molecule has 0 aliphatic heterocycles. The summed E-state index contributed by atoms with van der Waals surface area (Å²) in [6.07, 6.45) is 30.0. The molecule has 0 bridgehead atoms. The Hall–Kier alpha value is -1.90. The van der Waals surface area contributed by atoms with E-state index in [4.69, 9.17) is 13.7 Å². The van der Waals surface area contributed by atoms with Crippen LogP contribution in [0.5, 0.6) is 0 Å². The van der Waals surface area contributed by atoms with Gasteiger partial charge in [-0.05, 0) is 44.9 Å². The maximum Gasteiger partial charge on any atom is 0.328 e. The lowest BCUT2D eigenvalue weighted by Crippen LogP contribution is -2.37. The summed E-state index contributed by atoms with van der Waals surface area (Å²) in [5.74, 6) is -2.82. The van der Waals surface area contributed by atoms with Crippen LogP contribution in [-0.4, -0.2) is 44.8 Å². The summed E-state index contributed by atoms with van der Waals surface area (Å²) >= 11 is 0. The Balaban J connectivity index is 4.57. The molecule has 0 aliphatic carbocycles. The van der Waals surface area contributed by atoms with Gasteiger partial charge in [-0.1, -0.05) is 148 Å². The van der Waals surface area contributed by atoms with Crippen LogP contribution in [0.15, 0.2) is 12.2 Å². The van der Waals surface area contributed by atoms with Gasteiger partial charge in [0, 0.05) is 6.42 Å². The third-order valence-electron chi connectivity index (χ3n) is 8.32. The number of allylic oxidation sites excluding steroid dienone is 2. The van der Waals surface area contributed by atoms with Crippen molar-refractivity contribution < 1.29 is 36.5 Å². The van der Waals surface area contributed by atoms with Crippen molar-refractivity contribution in [1.82, 2.24) is 0 Å². The van der Waals surface area contributed by atoms with Crippen LogP contribution < -0.4 is 0 Å². The van der Waals surface area contributed by atoms with Gasteiger partial charge in [-0.2, -0.15) is 8.42 Å². The van der Waals surface area contributed by atoms with Crippen molar-refractivity contribution >= 4 is 28.0 Å². The molecule has 0 rings (SSSR count). The molecule has 0 radical (unpaired) electrons. The summed E-state index contributed by atoms with van der Waals surface area (Å²) in [7, 11) is -4.72. The number of unbranched alkanes of at least 4 members (excludes halogenated alkanes) is 21. The number of hydrogen-bond donors (Lipinski definition) is 0. The minimum absolute atomic E-state index is 0.0483. The number of carbonyl (C=O) groups excluding carboxylic acids is 3. The van der Waals surface area contributed by atoms with Gasteiger partial charge in [-0.25, -0.2) is 0 Å². The first kappa shape index (κ1) is 45.1. The summed E-state index contributed by atoms with van der Waals surface area (Å²) < 4.78 is 41.3. The van der Waals surface area contributed by atoms with E-state index in [0.29, 0.717) is 19.3 Å². The van der Waals surface area contributed by atoms with Gasteiger partial charge in [0.2, 0.25) is 5.25 Å². The molecule has 8 nitrogen and oxygen atoms in total. The summed E-state index contributed by atoms with van der Waals surface area (Å²) in [4.78, 5) is 37.7. The number of carbonyl (C=O) groups is 3. The van der Waals surface area contributed by atoms with Crippen molar-refractivity contribution in [2.45, 2.75) is 199 Å². The summed E-state index contributed by atoms with van der Waals surface area (Å²) in [6, 6.07) is 0. The van der Waals surface area contributed by atoms with Gasteiger partial charge in [0.25, 0.3) is 0 Å². The van der Waals surface area contributed by atoms with E-state index >= 15 is 0 Å². The van der Waals surface area contributed by atoms with E-state index < -0.39 is 39.7 Å². The maximum absolute atomic E-state index is 13.0. The molecule has 0 saturated carbocycles. The smallest absolute Gasteiger partial charge is 0.328 e. The number of hydrogen-bond acceptors (Lipinski definition) is 8. The predicted octanol–water partition coefficient (Wildman–Crippen LogP) is 10.5. The van der Waals surface area contributed by atoms with E-state index in [0.717, 1.165) is 103 Å². The van der Waals surface area contributed by atoms with Gasteiger partial charge in [-0.15, -0.1) is 0 Å². The van der Waals surface area contributed by atoms with E-state index in [2.05, 4.69) is 32.9 Å². The normalized spacial score (nSPS) is 12.3. The van der Waals surface area contributed by atoms with Gasteiger partial charge in [0.05, 0.1) is 19.6 Å². The first-order chi connectivity index (χ1) is 22.8. The lowest BCUT2D eigenvalue weighted by molar-refractivity contribution is -0.150. The van der Waals surface area contributed by atoms with Crippen LogP contribution in [0.4, 0.5) is 0 Å². The molecule has 0 aromatic carbocycles. The molecule has 47 heavy (non-hydrogen) atoms. The Morgan fingerprint density at radius 3 is 1.40 bits per heavy atom. The van der Waals surface area contributed by atoms with Gasteiger partial charge < -0.3 is 13.7 Å². The van der Waals surface area contributed by atoms with Gasteiger partial charge >= 0.3 is 28.0 Å². The van der Waals surface area contributed by atoms with Crippen LogP contribution in [0.3, 0.4) is 0 Å². The number of ether oxygens (including phenoxy) is 2. The van der Waals surface area contributed by atoms with E-state index in [1.807, 2.05) is 0 Å². The molecule has 1 unspecified atom stereocenters. The Morgan fingerprint density at radius 2 is 0.915 bits per heavy atom.